The van der Waals surface area contributed by atoms with Crippen molar-refractivity contribution in [3.05, 3.63) is 57.6 Å². The number of carbonyl (C=O) groups excluding carboxylic acids is 2. The number of ether oxygens (including phenoxy) is 2. The molecule has 6 heteroatoms. The van der Waals surface area contributed by atoms with Crippen LogP contribution in [0.4, 0.5) is 4.79 Å². The van der Waals surface area contributed by atoms with E-state index in [1.54, 1.807) is 12.1 Å². The van der Waals surface area contributed by atoms with Crippen molar-refractivity contribution in [2.45, 2.75) is 26.7 Å². The number of rotatable bonds is 3. The summed E-state index contributed by atoms with van der Waals surface area (Å²) >= 11 is 5.97. The van der Waals surface area contributed by atoms with E-state index >= 15 is 0 Å². The predicted molar refractivity (Wildman–Crippen MR) is 91.5 cm³/mol. The second-order valence-electron chi connectivity index (χ2n) is 5.60. The molecule has 0 aliphatic carbocycles. The number of allylic oxidation sites excluding steroid dienone is 3. The second kappa shape index (κ2) is 7.09. The third-order valence-corrected chi connectivity index (χ3v) is 4.50. The number of methoxy groups -OCH3 is 1. The predicted octanol–water partition coefficient (Wildman–Crippen LogP) is 4.25. The summed E-state index contributed by atoms with van der Waals surface area (Å²) in [5, 5.41) is 0.591. The van der Waals surface area contributed by atoms with Gasteiger partial charge in [-0.2, -0.15) is 0 Å². The maximum absolute atomic E-state index is 12.3. The summed E-state index contributed by atoms with van der Waals surface area (Å²) < 4.78 is 10.0. The van der Waals surface area contributed by atoms with Gasteiger partial charge in [-0.25, -0.2) is 4.79 Å². The van der Waals surface area contributed by atoms with E-state index < -0.39 is 12.1 Å². The first kappa shape index (κ1) is 18.1. The molecule has 0 N–H and O–H groups in total. The molecule has 1 heterocycles. The molecule has 0 bridgehead atoms. The molecular formula is C18H20ClNO4. The summed E-state index contributed by atoms with van der Waals surface area (Å²) in [6, 6.07) is 7.13. The average Bonchev–Trinajstić information content (AvgIpc) is 2.55. The molecule has 2 rings (SSSR count). The van der Waals surface area contributed by atoms with E-state index in [2.05, 4.69) is 4.74 Å². The van der Waals surface area contributed by atoms with E-state index in [0.29, 0.717) is 16.4 Å². The highest BCUT2D eigenvalue weighted by atomic mass is 35.5. The Balaban J connectivity index is 2.65. The Hall–Kier alpha value is -2.27. The molecule has 0 radical (unpaired) electrons. The largest absolute Gasteiger partial charge is 0.513 e. The summed E-state index contributed by atoms with van der Waals surface area (Å²) in [5.74, 6) is -0.199. The molecule has 1 aromatic rings. The number of hydrogen-bond acceptors (Lipinski definition) is 5. The Kier molecular flexibility index (Phi) is 5.34. The van der Waals surface area contributed by atoms with Gasteiger partial charge in [0.15, 0.2) is 5.78 Å². The Morgan fingerprint density at radius 3 is 2.21 bits per heavy atom. The van der Waals surface area contributed by atoms with Gasteiger partial charge in [0.1, 0.15) is 5.76 Å². The first-order valence-electron chi connectivity index (χ1n) is 7.45. The normalized spacial score (nSPS) is 17.9. The van der Waals surface area contributed by atoms with Crippen molar-refractivity contribution in [1.29, 1.82) is 0 Å². The smallest absolute Gasteiger partial charge is 0.437 e. The monoisotopic (exact) mass is 349 g/mol. The third kappa shape index (κ3) is 3.31. The minimum absolute atomic E-state index is 0.0854. The van der Waals surface area contributed by atoms with Crippen molar-refractivity contribution >= 4 is 23.5 Å². The Morgan fingerprint density at radius 1 is 1.12 bits per heavy atom. The van der Waals surface area contributed by atoms with Crippen LogP contribution in [0.3, 0.4) is 0 Å². The van der Waals surface area contributed by atoms with Crippen molar-refractivity contribution in [1.82, 2.24) is 4.90 Å². The van der Waals surface area contributed by atoms with Gasteiger partial charge in [-0.05, 0) is 38.5 Å². The lowest BCUT2D eigenvalue weighted by Crippen LogP contribution is -2.30. The Morgan fingerprint density at radius 2 is 1.71 bits per heavy atom. The Bertz CT molecular complexity index is 734. The van der Waals surface area contributed by atoms with Crippen molar-refractivity contribution in [3.8, 4) is 0 Å². The van der Waals surface area contributed by atoms with Crippen LogP contribution in [0, 0.1) is 0 Å². The van der Waals surface area contributed by atoms with Crippen molar-refractivity contribution in [2.75, 3.05) is 14.2 Å². The van der Waals surface area contributed by atoms with Gasteiger partial charge in [-0.3, -0.25) is 4.79 Å². The van der Waals surface area contributed by atoms with Crippen molar-refractivity contribution in [3.63, 3.8) is 0 Å². The lowest BCUT2D eigenvalue weighted by Gasteiger charge is -2.35. The molecule has 0 amide bonds. The first-order valence-corrected chi connectivity index (χ1v) is 7.83. The number of carbonyl (C=O) groups is 2. The third-order valence-electron chi connectivity index (χ3n) is 4.25. The lowest BCUT2D eigenvalue weighted by molar-refractivity contribution is -0.114. The molecule has 1 atom stereocenters. The average molecular weight is 350 g/mol. The van der Waals surface area contributed by atoms with Crippen LogP contribution >= 0.6 is 11.6 Å². The second-order valence-corrected chi connectivity index (χ2v) is 6.04. The van der Waals surface area contributed by atoms with E-state index in [-0.39, 0.29) is 5.78 Å². The van der Waals surface area contributed by atoms with Crippen molar-refractivity contribution < 1.29 is 19.1 Å². The van der Waals surface area contributed by atoms with Gasteiger partial charge in [-0.1, -0.05) is 23.7 Å². The van der Waals surface area contributed by atoms with Gasteiger partial charge in [0.2, 0.25) is 0 Å². The molecule has 0 spiro atoms. The number of Topliss-reactive ketones (excluding diaryl/α,β-unsaturated/α-hetero) is 1. The maximum Gasteiger partial charge on any atom is 0.513 e. The van der Waals surface area contributed by atoms with Crippen LogP contribution in [-0.4, -0.2) is 31.0 Å². The van der Waals surface area contributed by atoms with E-state index in [1.807, 2.05) is 37.9 Å². The molecular weight excluding hydrogens is 330 g/mol. The van der Waals surface area contributed by atoms with E-state index in [0.717, 1.165) is 17.0 Å². The molecule has 0 aromatic heterocycles. The molecule has 24 heavy (non-hydrogen) atoms. The molecule has 1 aromatic carbocycles. The fraction of sp³-hybridized carbons (Fsp3) is 0.333. The number of ketones is 1. The highest BCUT2D eigenvalue weighted by molar-refractivity contribution is 6.30. The van der Waals surface area contributed by atoms with Gasteiger partial charge in [-0.15, -0.1) is 0 Å². The fourth-order valence-electron chi connectivity index (χ4n) is 2.84. The van der Waals surface area contributed by atoms with Gasteiger partial charge in [0, 0.05) is 23.3 Å². The van der Waals surface area contributed by atoms with Gasteiger partial charge >= 0.3 is 6.16 Å². The van der Waals surface area contributed by atoms with Crippen LogP contribution in [0.15, 0.2) is 47.0 Å². The standard InChI is InChI=1S/C18H20ClNO4/c1-10-15(12(3)21)16(13-6-8-14(19)9-7-13)17(11(2)20(10)4)24-18(22)23-5/h6-9,16H,1-5H3. The molecule has 1 unspecified atom stereocenters. The van der Waals surface area contributed by atoms with Crippen LogP contribution < -0.4 is 0 Å². The quantitative estimate of drug-likeness (QED) is 0.764. The zero-order valence-electron chi connectivity index (χ0n) is 14.3. The zero-order valence-corrected chi connectivity index (χ0v) is 15.1. The maximum atomic E-state index is 12.3. The number of hydrogen-bond donors (Lipinski definition) is 0. The summed E-state index contributed by atoms with van der Waals surface area (Å²) in [4.78, 5) is 25.8. The number of nitrogens with zero attached hydrogens (tertiary/aromatic N) is 1. The van der Waals surface area contributed by atoms with Gasteiger partial charge < -0.3 is 14.4 Å². The summed E-state index contributed by atoms with van der Waals surface area (Å²) in [6.45, 7) is 5.21. The molecule has 128 valence electrons. The van der Waals surface area contributed by atoms with E-state index in [1.165, 1.54) is 14.0 Å². The minimum atomic E-state index is -0.820. The minimum Gasteiger partial charge on any atom is -0.437 e. The molecule has 0 saturated carbocycles. The molecule has 5 nitrogen and oxygen atoms in total. The number of halogens is 1. The first-order chi connectivity index (χ1) is 11.3. The highest BCUT2D eigenvalue weighted by Gasteiger charge is 2.36. The van der Waals surface area contributed by atoms with Crippen LogP contribution in [0.2, 0.25) is 5.02 Å². The lowest BCUT2D eigenvalue weighted by atomic mass is 9.83. The summed E-state index contributed by atoms with van der Waals surface area (Å²) in [7, 11) is 3.07. The fourth-order valence-corrected chi connectivity index (χ4v) is 2.97. The van der Waals surface area contributed by atoms with Crippen LogP contribution in [0.5, 0.6) is 0 Å². The zero-order chi connectivity index (χ0) is 18.0. The van der Waals surface area contributed by atoms with E-state index in [4.69, 9.17) is 16.3 Å². The van der Waals surface area contributed by atoms with Gasteiger partial charge in [0.05, 0.1) is 18.7 Å². The molecule has 0 fully saturated rings. The number of benzene rings is 1. The highest BCUT2D eigenvalue weighted by Crippen LogP contribution is 2.42. The summed E-state index contributed by atoms with van der Waals surface area (Å²) in [6.07, 6.45) is -0.820. The van der Waals surface area contributed by atoms with Crippen LogP contribution in [0.25, 0.3) is 0 Å². The van der Waals surface area contributed by atoms with Crippen LogP contribution in [0.1, 0.15) is 32.3 Å². The topological polar surface area (TPSA) is 55.8 Å². The Labute approximate surface area is 146 Å². The summed E-state index contributed by atoms with van der Waals surface area (Å²) in [5.41, 5.74) is 2.94. The van der Waals surface area contributed by atoms with E-state index in [9.17, 15) is 9.59 Å². The van der Waals surface area contributed by atoms with Crippen LogP contribution in [-0.2, 0) is 14.3 Å². The SMILES string of the molecule is COC(=O)OC1=C(C)N(C)C(C)=C(C(C)=O)C1c1ccc(Cl)cc1. The van der Waals surface area contributed by atoms with Gasteiger partial charge in [0.25, 0.3) is 0 Å². The molecule has 1 aliphatic rings. The molecule has 0 saturated heterocycles. The molecule has 1 aliphatic heterocycles. The van der Waals surface area contributed by atoms with Crippen molar-refractivity contribution in [2.24, 2.45) is 0 Å².